The second-order valence-corrected chi connectivity index (χ2v) is 19.3. The van der Waals surface area contributed by atoms with Gasteiger partial charge in [0.2, 0.25) is 5.91 Å². The molecule has 0 aliphatic carbocycles. The first kappa shape index (κ1) is 61.3. The summed E-state index contributed by atoms with van der Waals surface area (Å²) in [5.41, 5.74) is 0. The third kappa shape index (κ3) is 49.6. The van der Waals surface area contributed by atoms with Crippen molar-refractivity contribution in [3.63, 3.8) is 0 Å². The van der Waals surface area contributed by atoms with Crippen molar-refractivity contribution in [2.24, 2.45) is 0 Å². The molecule has 6 heteroatoms. The van der Waals surface area contributed by atoms with Crippen LogP contribution in [0.5, 0.6) is 0 Å². The molecule has 0 heterocycles. The number of rotatable bonds is 52. The molecule has 2 atom stereocenters. The predicted molar refractivity (Wildman–Crippen MR) is 273 cm³/mol. The van der Waals surface area contributed by atoms with Gasteiger partial charge < -0.3 is 20.3 Å². The molecule has 0 aromatic rings. The number of allylic oxidation sites excluding steroid dienone is 3. The Morgan fingerprint density at radius 2 is 0.746 bits per heavy atom. The summed E-state index contributed by atoms with van der Waals surface area (Å²) in [6, 6.07) is -0.629. The monoisotopic (exact) mass is 888 g/mol. The first-order chi connectivity index (χ1) is 31.0. The molecular formula is C57H109NO5. The molecule has 63 heavy (non-hydrogen) atoms. The van der Waals surface area contributed by atoms with Gasteiger partial charge in [0.15, 0.2) is 0 Å². The van der Waals surface area contributed by atoms with Crippen molar-refractivity contribution in [3.8, 4) is 0 Å². The van der Waals surface area contributed by atoms with Gasteiger partial charge in [0, 0.05) is 12.8 Å². The van der Waals surface area contributed by atoms with Crippen LogP contribution in [0.3, 0.4) is 0 Å². The van der Waals surface area contributed by atoms with Crippen LogP contribution in [0.25, 0.3) is 0 Å². The molecule has 0 aromatic heterocycles. The highest BCUT2D eigenvalue weighted by atomic mass is 16.5. The van der Waals surface area contributed by atoms with Gasteiger partial charge in [-0.05, 0) is 57.8 Å². The minimum Gasteiger partial charge on any atom is -0.466 e. The minimum absolute atomic E-state index is 0.0115. The highest BCUT2D eigenvalue weighted by molar-refractivity contribution is 5.76. The molecule has 1 amide bonds. The Balaban J connectivity index is 3.41. The second kappa shape index (κ2) is 53.0. The van der Waals surface area contributed by atoms with E-state index in [4.69, 9.17) is 4.74 Å². The van der Waals surface area contributed by atoms with Gasteiger partial charge in [-0.1, -0.05) is 256 Å². The lowest BCUT2D eigenvalue weighted by Gasteiger charge is -2.20. The Kier molecular flexibility index (Phi) is 51.6. The first-order valence-corrected chi connectivity index (χ1v) is 28.1. The SMILES string of the molecule is CCCCCCCCCCC/C=C/C(O)C(CO)NC(=O)CCCCCCCCCC/C=C\CCCCCCCCCCCCCCOC(=O)CCCCCCCCCCCCC. The zero-order valence-electron chi connectivity index (χ0n) is 42.3. The molecule has 0 rings (SSSR count). The van der Waals surface area contributed by atoms with Crippen LogP contribution in [0.4, 0.5) is 0 Å². The number of unbranched alkanes of at least 4 members (excludes halogenated alkanes) is 39. The van der Waals surface area contributed by atoms with E-state index < -0.39 is 12.1 Å². The Bertz CT molecular complexity index is 982. The van der Waals surface area contributed by atoms with Gasteiger partial charge in [0.05, 0.1) is 25.4 Å². The maximum Gasteiger partial charge on any atom is 0.305 e. The Labute approximate surface area is 392 Å². The van der Waals surface area contributed by atoms with Crippen molar-refractivity contribution in [3.05, 3.63) is 24.3 Å². The summed E-state index contributed by atoms with van der Waals surface area (Å²) in [6.07, 6.45) is 63.5. The predicted octanol–water partition coefficient (Wildman–Crippen LogP) is 17.1. The molecule has 2 unspecified atom stereocenters. The average Bonchev–Trinajstić information content (AvgIpc) is 3.28. The third-order valence-corrected chi connectivity index (χ3v) is 13.0. The molecular weight excluding hydrogens is 779 g/mol. The van der Waals surface area contributed by atoms with Gasteiger partial charge in [0.25, 0.3) is 0 Å². The fraction of sp³-hybridized carbons (Fsp3) is 0.895. The molecule has 0 saturated carbocycles. The van der Waals surface area contributed by atoms with Crippen molar-refractivity contribution in [2.75, 3.05) is 13.2 Å². The molecule has 0 bridgehead atoms. The summed E-state index contributed by atoms with van der Waals surface area (Å²) < 4.78 is 5.46. The summed E-state index contributed by atoms with van der Waals surface area (Å²) in [6.45, 7) is 4.89. The van der Waals surface area contributed by atoms with E-state index in [1.807, 2.05) is 6.08 Å². The summed E-state index contributed by atoms with van der Waals surface area (Å²) in [7, 11) is 0. The number of carbonyl (C=O) groups is 2. The van der Waals surface area contributed by atoms with E-state index in [1.165, 1.54) is 238 Å². The maximum absolute atomic E-state index is 12.4. The van der Waals surface area contributed by atoms with Crippen molar-refractivity contribution in [2.45, 2.75) is 315 Å². The highest BCUT2D eigenvalue weighted by Crippen LogP contribution is 2.16. The molecule has 6 nitrogen and oxygen atoms in total. The van der Waals surface area contributed by atoms with Crippen molar-refractivity contribution in [1.82, 2.24) is 5.32 Å². The van der Waals surface area contributed by atoms with E-state index >= 15 is 0 Å². The number of ether oxygens (including phenoxy) is 1. The summed E-state index contributed by atoms with van der Waals surface area (Å²) >= 11 is 0. The third-order valence-electron chi connectivity index (χ3n) is 13.0. The largest absolute Gasteiger partial charge is 0.466 e. The van der Waals surface area contributed by atoms with Crippen LogP contribution in [0.2, 0.25) is 0 Å². The van der Waals surface area contributed by atoms with E-state index in [0.29, 0.717) is 19.4 Å². The normalized spacial score (nSPS) is 12.8. The number of esters is 1. The van der Waals surface area contributed by atoms with Crippen LogP contribution in [0.15, 0.2) is 24.3 Å². The lowest BCUT2D eigenvalue weighted by atomic mass is 10.0. The van der Waals surface area contributed by atoms with E-state index in [2.05, 4.69) is 31.3 Å². The standard InChI is InChI=1S/C57H109NO5/c1-3-5-7-9-11-13-29-33-37-41-45-49-55(60)54(53-59)58-56(61)50-46-42-38-34-31-27-25-23-21-19-17-15-16-18-20-22-24-26-28-32-36-40-44-48-52-63-57(62)51-47-43-39-35-30-14-12-10-8-6-4-2/h17,19,45,49,54-55,59-60H,3-16,18,20-44,46-48,50-53H2,1-2H3,(H,58,61)/b19-17-,49-45+. The van der Waals surface area contributed by atoms with Crippen LogP contribution in [0.1, 0.15) is 303 Å². The van der Waals surface area contributed by atoms with Crippen molar-refractivity contribution >= 4 is 11.9 Å². The van der Waals surface area contributed by atoms with Gasteiger partial charge >= 0.3 is 5.97 Å². The van der Waals surface area contributed by atoms with E-state index in [0.717, 1.165) is 38.5 Å². The smallest absolute Gasteiger partial charge is 0.305 e. The topological polar surface area (TPSA) is 95.9 Å². The lowest BCUT2D eigenvalue weighted by Crippen LogP contribution is -2.45. The second-order valence-electron chi connectivity index (χ2n) is 19.3. The molecule has 0 aliphatic rings. The molecule has 0 spiro atoms. The van der Waals surface area contributed by atoms with Gasteiger partial charge in [-0.2, -0.15) is 0 Å². The molecule has 0 radical (unpaired) electrons. The number of hydrogen-bond donors (Lipinski definition) is 3. The summed E-state index contributed by atoms with van der Waals surface area (Å²) in [5, 5.41) is 23.0. The summed E-state index contributed by atoms with van der Waals surface area (Å²) in [5.74, 6) is -0.0620. The first-order valence-electron chi connectivity index (χ1n) is 28.1. The van der Waals surface area contributed by atoms with Gasteiger partial charge in [-0.3, -0.25) is 9.59 Å². The van der Waals surface area contributed by atoms with Gasteiger partial charge in [-0.25, -0.2) is 0 Å². The quantitative estimate of drug-likeness (QED) is 0.0321. The molecule has 0 aliphatic heterocycles. The van der Waals surface area contributed by atoms with E-state index in [1.54, 1.807) is 6.08 Å². The van der Waals surface area contributed by atoms with Gasteiger partial charge in [0.1, 0.15) is 0 Å². The maximum atomic E-state index is 12.4. The molecule has 0 saturated heterocycles. The van der Waals surface area contributed by atoms with E-state index in [9.17, 15) is 19.8 Å². The van der Waals surface area contributed by atoms with Crippen molar-refractivity contribution in [1.29, 1.82) is 0 Å². The fourth-order valence-corrected chi connectivity index (χ4v) is 8.63. The fourth-order valence-electron chi connectivity index (χ4n) is 8.63. The number of aliphatic hydroxyl groups is 2. The number of carbonyl (C=O) groups excluding carboxylic acids is 2. The molecule has 0 fully saturated rings. The number of aliphatic hydroxyl groups excluding tert-OH is 2. The minimum atomic E-state index is -0.845. The van der Waals surface area contributed by atoms with Crippen LogP contribution >= 0.6 is 0 Å². The Morgan fingerprint density at radius 3 is 1.13 bits per heavy atom. The zero-order chi connectivity index (χ0) is 45.8. The molecule has 3 N–H and O–H groups in total. The lowest BCUT2D eigenvalue weighted by molar-refractivity contribution is -0.143. The van der Waals surface area contributed by atoms with Crippen LogP contribution in [0, 0.1) is 0 Å². The number of amides is 1. The Morgan fingerprint density at radius 1 is 0.429 bits per heavy atom. The van der Waals surface area contributed by atoms with Crippen LogP contribution in [-0.2, 0) is 14.3 Å². The van der Waals surface area contributed by atoms with Gasteiger partial charge in [-0.15, -0.1) is 0 Å². The van der Waals surface area contributed by atoms with Crippen LogP contribution in [-0.4, -0.2) is 47.4 Å². The average molecular weight is 889 g/mol. The summed E-state index contributed by atoms with van der Waals surface area (Å²) in [4.78, 5) is 24.4. The molecule has 372 valence electrons. The number of nitrogens with one attached hydrogen (secondary N) is 1. The van der Waals surface area contributed by atoms with E-state index in [-0.39, 0.29) is 18.5 Å². The highest BCUT2D eigenvalue weighted by Gasteiger charge is 2.18. The molecule has 0 aromatic carbocycles. The zero-order valence-corrected chi connectivity index (χ0v) is 42.3. The van der Waals surface area contributed by atoms with Crippen LogP contribution < -0.4 is 5.32 Å². The Hall–Kier alpha value is -1.66. The number of hydrogen-bond acceptors (Lipinski definition) is 5. The van der Waals surface area contributed by atoms with Crippen molar-refractivity contribution < 1.29 is 24.5 Å².